The van der Waals surface area contributed by atoms with E-state index >= 15 is 0 Å². The Hall–Kier alpha value is -0.840. The van der Waals surface area contributed by atoms with Gasteiger partial charge in [-0.1, -0.05) is 0 Å². The van der Waals surface area contributed by atoms with Gasteiger partial charge in [0, 0.05) is 0 Å². The molecule has 5 heteroatoms. The zero-order valence-corrected chi connectivity index (χ0v) is 6.18. The molecule has 0 spiro atoms. The van der Waals surface area contributed by atoms with Crippen LogP contribution in [0.3, 0.4) is 0 Å². The Morgan fingerprint density at radius 1 is 1.80 bits per heavy atom. The molecule has 0 aromatic heterocycles. The minimum Gasteiger partial charge on any atom is -0.286 e. The number of thiol groups is 1. The minimum atomic E-state index is -0.775. The number of nitrogens with one attached hydrogen (secondary N) is 1. The van der Waals surface area contributed by atoms with Gasteiger partial charge in [0.2, 0.25) is 5.12 Å². The van der Waals surface area contributed by atoms with E-state index in [-0.39, 0.29) is 0 Å². The van der Waals surface area contributed by atoms with Gasteiger partial charge in [0.05, 0.1) is 5.71 Å². The first-order chi connectivity index (χ1) is 4.63. The van der Waals surface area contributed by atoms with Gasteiger partial charge in [-0.2, -0.15) is 5.10 Å². The van der Waals surface area contributed by atoms with Crippen molar-refractivity contribution < 1.29 is 9.59 Å². The molecule has 1 rings (SSSR count). The van der Waals surface area contributed by atoms with Crippen LogP contribution in [0, 0.1) is 5.92 Å². The molecule has 1 N–H and O–H groups in total. The molecule has 0 aromatic rings. The molecule has 1 unspecified atom stereocenters. The first kappa shape index (κ1) is 7.27. The van der Waals surface area contributed by atoms with Crippen molar-refractivity contribution in [1.29, 1.82) is 0 Å². The number of hydrogen-bond donors (Lipinski definition) is 2. The first-order valence-electron chi connectivity index (χ1n) is 2.70. The smallest absolute Gasteiger partial charge is 0.257 e. The Morgan fingerprint density at radius 3 is 2.60 bits per heavy atom. The number of rotatable bonds is 1. The molecule has 1 atom stereocenters. The first-order valence-corrected chi connectivity index (χ1v) is 3.14. The van der Waals surface area contributed by atoms with Crippen LogP contribution in [-0.4, -0.2) is 16.7 Å². The third kappa shape index (κ3) is 1.04. The molecule has 0 fully saturated rings. The molecule has 4 nitrogen and oxygen atoms in total. The summed E-state index contributed by atoms with van der Waals surface area (Å²) in [6.07, 6.45) is 0. The quantitative estimate of drug-likeness (QED) is 0.401. The molecular weight excluding hydrogens is 152 g/mol. The van der Waals surface area contributed by atoms with Crippen LogP contribution in [0.2, 0.25) is 0 Å². The second-order valence-electron chi connectivity index (χ2n) is 2.00. The maximum Gasteiger partial charge on any atom is 0.257 e. The number of carbonyl (C=O) groups is 2. The summed E-state index contributed by atoms with van der Waals surface area (Å²) < 4.78 is 0. The number of amides is 1. The molecule has 0 saturated heterocycles. The maximum atomic E-state index is 10.7. The van der Waals surface area contributed by atoms with Gasteiger partial charge in [-0.25, -0.2) is 5.43 Å². The molecule has 1 amide bonds. The van der Waals surface area contributed by atoms with Crippen LogP contribution in [0.25, 0.3) is 0 Å². The summed E-state index contributed by atoms with van der Waals surface area (Å²) in [6.45, 7) is 1.61. The summed E-state index contributed by atoms with van der Waals surface area (Å²) in [6, 6.07) is 0. The highest BCUT2D eigenvalue weighted by Crippen LogP contribution is 2.09. The maximum absolute atomic E-state index is 10.7. The zero-order chi connectivity index (χ0) is 7.72. The summed E-state index contributed by atoms with van der Waals surface area (Å²) in [7, 11) is 0. The molecule has 0 aliphatic carbocycles. The normalized spacial score (nSPS) is 24.0. The number of nitrogens with zero attached hydrogens (tertiary/aromatic N) is 1. The van der Waals surface area contributed by atoms with Crippen LogP contribution in [0.1, 0.15) is 6.92 Å². The molecular formula is C5H6N2O2S. The summed E-state index contributed by atoms with van der Waals surface area (Å²) in [5, 5.41) is 3.11. The molecule has 0 radical (unpaired) electrons. The third-order valence-electron chi connectivity index (χ3n) is 1.27. The zero-order valence-electron chi connectivity index (χ0n) is 5.29. The average Bonchev–Trinajstić information content (AvgIpc) is 2.11. The second kappa shape index (κ2) is 2.42. The van der Waals surface area contributed by atoms with Crippen molar-refractivity contribution in [2.24, 2.45) is 11.0 Å². The van der Waals surface area contributed by atoms with Crippen LogP contribution < -0.4 is 5.43 Å². The Kier molecular flexibility index (Phi) is 1.76. The predicted octanol–water partition coefficient (Wildman–Crippen LogP) is -0.435. The van der Waals surface area contributed by atoms with Crippen LogP contribution in [-0.2, 0) is 9.59 Å². The highest BCUT2D eigenvalue weighted by molar-refractivity contribution is 7.96. The Morgan fingerprint density at radius 2 is 2.40 bits per heavy atom. The molecule has 0 aromatic carbocycles. The second-order valence-corrected chi connectivity index (χ2v) is 2.44. The lowest BCUT2D eigenvalue weighted by atomic mass is 10.1. The van der Waals surface area contributed by atoms with E-state index in [1.165, 1.54) is 0 Å². The fourth-order valence-corrected chi connectivity index (χ4v) is 1.06. The molecule has 0 saturated carbocycles. The van der Waals surface area contributed by atoms with E-state index < -0.39 is 16.9 Å². The highest BCUT2D eigenvalue weighted by atomic mass is 32.1. The van der Waals surface area contributed by atoms with Gasteiger partial charge in [-0.15, -0.1) is 12.6 Å². The Bertz CT molecular complexity index is 224. The van der Waals surface area contributed by atoms with Crippen LogP contribution >= 0.6 is 12.6 Å². The van der Waals surface area contributed by atoms with Crippen molar-refractivity contribution in [3.8, 4) is 0 Å². The van der Waals surface area contributed by atoms with E-state index in [0.29, 0.717) is 5.71 Å². The van der Waals surface area contributed by atoms with E-state index in [1.54, 1.807) is 6.92 Å². The summed E-state index contributed by atoms with van der Waals surface area (Å²) >= 11 is 3.53. The number of carbonyl (C=O) groups excluding carboxylic acids is 2. The van der Waals surface area contributed by atoms with E-state index in [4.69, 9.17) is 0 Å². The predicted molar refractivity (Wildman–Crippen MR) is 38.7 cm³/mol. The van der Waals surface area contributed by atoms with E-state index in [9.17, 15) is 9.59 Å². The topological polar surface area (TPSA) is 58.5 Å². The fourth-order valence-electron chi connectivity index (χ4n) is 0.753. The van der Waals surface area contributed by atoms with Crippen LogP contribution in [0.4, 0.5) is 0 Å². The van der Waals surface area contributed by atoms with Crippen molar-refractivity contribution in [2.45, 2.75) is 6.92 Å². The van der Waals surface area contributed by atoms with Crippen molar-refractivity contribution >= 4 is 29.4 Å². The van der Waals surface area contributed by atoms with Crippen molar-refractivity contribution in [3.05, 3.63) is 0 Å². The van der Waals surface area contributed by atoms with Gasteiger partial charge in [-0.05, 0) is 6.92 Å². The van der Waals surface area contributed by atoms with Crippen molar-refractivity contribution in [1.82, 2.24) is 5.43 Å². The largest absolute Gasteiger partial charge is 0.286 e. The fraction of sp³-hybridized carbons (Fsp3) is 0.400. The summed E-state index contributed by atoms with van der Waals surface area (Å²) in [5.41, 5.74) is 2.66. The lowest BCUT2D eigenvalue weighted by molar-refractivity contribution is -0.126. The van der Waals surface area contributed by atoms with Crippen molar-refractivity contribution in [2.75, 3.05) is 0 Å². The van der Waals surface area contributed by atoms with Gasteiger partial charge in [-0.3, -0.25) is 9.59 Å². The van der Waals surface area contributed by atoms with Gasteiger partial charge in [0.1, 0.15) is 5.92 Å². The summed E-state index contributed by atoms with van der Waals surface area (Å²) in [5.74, 6) is -1.17. The van der Waals surface area contributed by atoms with Crippen LogP contribution in [0.5, 0.6) is 0 Å². The molecule has 54 valence electrons. The van der Waals surface area contributed by atoms with Crippen molar-refractivity contribution in [3.63, 3.8) is 0 Å². The Labute approximate surface area is 63.1 Å². The molecule has 0 bridgehead atoms. The third-order valence-corrected chi connectivity index (χ3v) is 1.53. The minimum absolute atomic E-state index is 0.391. The summed E-state index contributed by atoms with van der Waals surface area (Å²) in [4.78, 5) is 21.3. The Balaban J connectivity index is 2.84. The lowest BCUT2D eigenvalue weighted by Crippen LogP contribution is -2.26. The SMILES string of the molecule is CC1=NNC(=O)C1C(=O)S. The average molecular weight is 158 g/mol. The molecule has 10 heavy (non-hydrogen) atoms. The van der Waals surface area contributed by atoms with E-state index in [2.05, 4.69) is 23.2 Å². The molecule has 1 aliphatic rings. The van der Waals surface area contributed by atoms with Gasteiger partial charge in [0.15, 0.2) is 0 Å². The van der Waals surface area contributed by atoms with Gasteiger partial charge >= 0.3 is 0 Å². The van der Waals surface area contributed by atoms with Gasteiger partial charge < -0.3 is 0 Å². The standard InChI is InChI=1S/C5H6N2O2S/c1-2-3(5(9)10)4(8)7-6-2/h3H,1H3,(H,7,8)(H,9,10). The van der Waals surface area contributed by atoms with Gasteiger partial charge in [0.25, 0.3) is 5.91 Å². The van der Waals surface area contributed by atoms with E-state index in [1.807, 2.05) is 0 Å². The monoisotopic (exact) mass is 158 g/mol. The molecule has 1 heterocycles. The van der Waals surface area contributed by atoms with E-state index in [0.717, 1.165) is 0 Å². The molecule has 1 aliphatic heterocycles. The highest BCUT2D eigenvalue weighted by Gasteiger charge is 2.31. The number of hydrogen-bond acceptors (Lipinski definition) is 3. The number of hydrazone groups is 1. The van der Waals surface area contributed by atoms with Crippen LogP contribution in [0.15, 0.2) is 5.10 Å². The lowest BCUT2D eigenvalue weighted by Gasteiger charge is -1.98.